The van der Waals surface area contributed by atoms with E-state index in [1.807, 2.05) is 49.4 Å². The van der Waals surface area contributed by atoms with Gasteiger partial charge < -0.3 is 10.9 Å². The zero-order valence-electron chi connectivity index (χ0n) is 11.0. The molecule has 0 bridgehead atoms. The largest absolute Gasteiger partial charge is 0.409 e. The minimum Gasteiger partial charge on any atom is -0.409 e. The lowest BCUT2D eigenvalue weighted by Crippen LogP contribution is -2.14. The Kier molecular flexibility index (Phi) is 4.93. The molecule has 2 rings (SSSR count). The fraction of sp³-hybridized carbons (Fsp3) is 0.133. The van der Waals surface area contributed by atoms with Crippen molar-refractivity contribution in [3.8, 4) is 0 Å². The molecule has 0 radical (unpaired) electrons. The average molecular weight is 307 g/mol. The minimum atomic E-state index is 0.121. The van der Waals surface area contributed by atoms with Gasteiger partial charge in [-0.25, -0.2) is 0 Å². The highest BCUT2D eigenvalue weighted by Crippen LogP contribution is 2.31. The molecule has 0 spiro atoms. The Hall–Kier alpha value is -1.65. The number of halogens is 1. The Morgan fingerprint density at radius 3 is 2.70 bits per heavy atom. The van der Waals surface area contributed by atoms with Crippen LogP contribution in [0.3, 0.4) is 0 Å². The van der Waals surface area contributed by atoms with Crippen LogP contribution in [0.25, 0.3) is 0 Å². The fourth-order valence-electron chi connectivity index (χ4n) is 1.86. The van der Waals surface area contributed by atoms with E-state index in [0.717, 1.165) is 32.4 Å². The van der Waals surface area contributed by atoms with Gasteiger partial charge in [-0.1, -0.05) is 53.2 Å². The van der Waals surface area contributed by atoms with Gasteiger partial charge in [0.25, 0.3) is 0 Å². The zero-order chi connectivity index (χ0) is 14.5. The summed E-state index contributed by atoms with van der Waals surface area (Å²) in [4.78, 5) is 1.00. The number of benzene rings is 2. The van der Waals surface area contributed by atoms with Gasteiger partial charge in [0, 0.05) is 21.2 Å². The van der Waals surface area contributed by atoms with Gasteiger partial charge in [-0.3, -0.25) is 0 Å². The van der Waals surface area contributed by atoms with Gasteiger partial charge in [-0.2, -0.15) is 0 Å². The molecule has 0 amide bonds. The third kappa shape index (κ3) is 3.26. The number of nitrogens with zero attached hydrogens (tertiary/aromatic N) is 1. The van der Waals surface area contributed by atoms with Crippen LogP contribution >= 0.6 is 23.4 Å². The number of hydrogen-bond acceptors (Lipinski definition) is 3. The summed E-state index contributed by atoms with van der Waals surface area (Å²) in [6.45, 7) is 2.00. The Bertz CT molecular complexity index is 644. The summed E-state index contributed by atoms with van der Waals surface area (Å²) in [5, 5.41) is 12.7. The molecule has 0 saturated carbocycles. The Morgan fingerprint density at radius 2 is 2.00 bits per heavy atom. The van der Waals surface area contributed by atoms with Crippen molar-refractivity contribution in [2.75, 3.05) is 0 Å². The van der Waals surface area contributed by atoms with Gasteiger partial charge >= 0.3 is 0 Å². The molecule has 0 aliphatic carbocycles. The highest BCUT2D eigenvalue weighted by Gasteiger charge is 2.11. The van der Waals surface area contributed by atoms with Crippen molar-refractivity contribution < 1.29 is 5.21 Å². The molecule has 0 saturated heterocycles. The fourth-order valence-corrected chi connectivity index (χ4v) is 3.32. The van der Waals surface area contributed by atoms with Crippen molar-refractivity contribution in [3.63, 3.8) is 0 Å². The maximum absolute atomic E-state index is 8.87. The number of rotatable bonds is 4. The molecular weight excluding hydrogens is 292 g/mol. The predicted molar refractivity (Wildman–Crippen MR) is 84.7 cm³/mol. The second-order valence-electron chi connectivity index (χ2n) is 4.32. The lowest BCUT2D eigenvalue weighted by molar-refractivity contribution is 0.318. The van der Waals surface area contributed by atoms with Crippen LogP contribution < -0.4 is 5.73 Å². The molecule has 0 aliphatic rings. The molecular formula is C15H15ClN2OS. The molecule has 0 unspecified atom stereocenters. The van der Waals surface area contributed by atoms with E-state index in [1.54, 1.807) is 11.8 Å². The molecule has 0 aromatic heterocycles. The number of nitrogens with two attached hydrogens (primary N) is 1. The van der Waals surface area contributed by atoms with E-state index < -0.39 is 0 Å². The monoisotopic (exact) mass is 306 g/mol. The summed E-state index contributed by atoms with van der Waals surface area (Å²) in [5.74, 6) is 0.853. The van der Waals surface area contributed by atoms with Crippen molar-refractivity contribution in [2.45, 2.75) is 17.6 Å². The highest BCUT2D eigenvalue weighted by molar-refractivity contribution is 7.98. The van der Waals surface area contributed by atoms with Gasteiger partial charge in [0.1, 0.15) is 0 Å². The zero-order valence-corrected chi connectivity index (χ0v) is 12.6. The summed E-state index contributed by atoms with van der Waals surface area (Å²) < 4.78 is 0. The number of hydrogen-bond donors (Lipinski definition) is 2. The third-order valence-corrected chi connectivity index (χ3v) is 4.58. The molecule has 2 aromatic carbocycles. The van der Waals surface area contributed by atoms with E-state index in [9.17, 15) is 0 Å². The molecule has 0 aliphatic heterocycles. The van der Waals surface area contributed by atoms with Crippen LogP contribution in [-0.2, 0) is 5.75 Å². The standard InChI is InChI=1S/C15H15ClN2OS/c1-10-5-4-7-12(15(17)18-19)14(10)20-9-11-6-2-3-8-13(11)16/h2-8,19H,9H2,1H3,(H2,17,18). The minimum absolute atomic E-state index is 0.121. The van der Waals surface area contributed by atoms with E-state index in [2.05, 4.69) is 5.16 Å². The van der Waals surface area contributed by atoms with Gasteiger partial charge in [-0.05, 0) is 24.1 Å². The SMILES string of the molecule is Cc1cccc(/C(N)=N/O)c1SCc1ccccc1Cl. The first-order chi connectivity index (χ1) is 9.63. The van der Waals surface area contributed by atoms with E-state index in [4.69, 9.17) is 22.5 Å². The Morgan fingerprint density at radius 1 is 1.25 bits per heavy atom. The smallest absolute Gasteiger partial charge is 0.171 e. The number of aryl methyl sites for hydroxylation is 1. The van der Waals surface area contributed by atoms with Crippen molar-refractivity contribution >= 4 is 29.2 Å². The normalized spacial score (nSPS) is 11.6. The van der Waals surface area contributed by atoms with Crippen molar-refractivity contribution in [1.82, 2.24) is 0 Å². The first-order valence-electron chi connectivity index (χ1n) is 6.07. The van der Waals surface area contributed by atoms with Crippen molar-refractivity contribution in [1.29, 1.82) is 0 Å². The first-order valence-corrected chi connectivity index (χ1v) is 7.43. The predicted octanol–water partition coefficient (Wildman–Crippen LogP) is 4.04. The second kappa shape index (κ2) is 6.68. The molecule has 20 heavy (non-hydrogen) atoms. The van der Waals surface area contributed by atoms with E-state index in [0.29, 0.717) is 0 Å². The van der Waals surface area contributed by atoms with Crippen LogP contribution in [0.2, 0.25) is 5.02 Å². The van der Waals surface area contributed by atoms with Gasteiger partial charge in [0.2, 0.25) is 0 Å². The third-order valence-electron chi connectivity index (χ3n) is 2.93. The summed E-state index contributed by atoms with van der Waals surface area (Å²) >= 11 is 7.79. The van der Waals surface area contributed by atoms with E-state index in [-0.39, 0.29) is 5.84 Å². The summed E-state index contributed by atoms with van der Waals surface area (Å²) in [6, 6.07) is 13.5. The Balaban J connectivity index is 2.28. The number of thioether (sulfide) groups is 1. The highest BCUT2D eigenvalue weighted by atomic mass is 35.5. The van der Waals surface area contributed by atoms with Crippen molar-refractivity contribution in [3.05, 3.63) is 64.2 Å². The average Bonchev–Trinajstić information content (AvgIpc) is 2.46. The first kappa shape index (κ1) is 14.8. The van der Waals surface area contributed by atoms with Crippen LogP contribution in [0.15, 0.2) is 52.5 Å². The topological polar surface area (TPSA) is 58.6 Å². The molecule has 104 valence electrons. The molecule has 2 aromatic rings. The van der Waals surface area contributed by atoms with Crippen molar-refractivity contribution in [2.24, 2.45) is 10.9 Å². The lowest BCUT2D eigenvalue weighted by Gasteiger charge is -2.11. The quantitative estimate of drug-likeness (QED) is 0.295. The maximum atomic E-state index is 8.87. The van der Waals surface area contributed by atoms with Crippen LogP contribution in [-0.4, -0.2) is 11.0 Å². The molecule has 5 heteroatoms. The van der Waals surface area contributed by atoms with Crippen LogP contribution in [0.5, 0.6) is 0 Å². The summed E-state index contributed by atoms with van der Waals surface area (Å²) in [5.41, 5.74) is 8.62. The molecule has 3 nitrogen and oxygen atoms in total. The molecule has 0 heterocycles. The van der Waals surface area contributed by atoms with E-state index in [1.165, 1.54) is 0 Å². The van der Waals surface area contributed by atoms with Crippen LogP contribution in [0.1, 0.15) is 16.7 Å². The van der Waals surface area contributed by atoms with E-state index >= 15 is 0 Å². The molecule has 0 fully saturated rings. The maximum Gasteiger partial charge on any atom is 0.171 e. The van der Waals surface area contributed by atoms with Gasteiger partial charge in [-0.15, -0.1) is 11.8 Å². The molecule has 0 atom stereocenters. The van der Waals surface area contributed by atoms with Crippen LogP contribution in [0, 0.1) is 6.92 Å². The summed E-state index contributed by atoms with van der Waals surface area (Å²) in [7, 11) is 0. The summed E-state index contributed by atoms with van der Waals surface area (Å²) in [6.07, 6.45) is 0. The lowest BCUT2D eigenvalue weighted by atomic mass is 10.1. The number of amidine groups is 1. The Labute approximate surface area is 127 Å². The van der Waals surface area contributed by atoms with Gasteiger partial charge in [0.15, 0.2) is 5.84 Å². The number of oxime groups is 1. The van der Waals surface area contributed by atoms with Gasteiger partial charge in [0.05, 0.1) is 0 Å². The van der Waals surface area contributed by atoms with Crippen LogP contribution in [0.4, 0.5) is 0 Å². The second-order valence-corrected chi connectivity index (χ2v) is 5.71. The molecule has 3 N–H and O–H groups in total.